The van der Waals surface area contributed by atoms with Gasteiger partial charge in [-0.3, -0.25) is 4.79 Å². The number of nitrogen functional groups attached to an aromatic ring is 1. The second kappa shape index (κ2) is 5.18. The van der Waals surface area contributed by atoms with E-state index >= 15 is 0 Å². The quantitative estimate of drug-likeness (QED) is 0.604. The van der Waals surface area contributed by atoms with Crippen molar-refractivity contribution in [3.63, 3.8) is 0 Å². The first-order valence-corrected chi connectivity index (χ1v) is 7.18. The molecule has 0 unspecified atom stereocenters. The van der Waals surface area contributed by atoms with Crippen LogP contribution in [0.5, 0.6) is 0 Å². The van der Waals surface area contributed by atoms with E-state index in [4.69, 9.17) is 5.73 Å². The summed E-state index contributed by atoms with van der Waals surface area (Å²) in [5.74, 6) is -0.0680. The van der Waals surface area contributed by atoms with Gasteiger partial charge in [-0.2, -0.15) is 0 Å². The molecule has 94 valence electrons. The topological polar surface area (TPSA) is 89.3 Å². The third-order valence-electron chi connectivity index (χ3n) is 2.23. The molecule has 0 aromatic heterocycles. The summed E-state index contributed by atoms with van der Waals surface area (Å²) in [6.07, 6.45) is 1.18. The van der Waals surface area contributed by atoms with Crippen LogP contribution >= 0.6 is 0 Å². The van der Waals surface area contributed by atoms with Crippen molar-refractivity contribution in [3.8, 4) is 0 Å². The smallest absolute Gasteiger partial charge is 0.161 e. The molecule has 0 saturated heterocycles. The van der Waals surface area contributed by atoms with Crippen LogP contribution in [0.3, 0.4) is 0 Å². The molecule has 0 atom stereocenters. The van der Waals surface area contributed by atoms with E-state index in [1.807, 2.05) is 0 Å². The van der Waals surface area contributed by atoms with Gasteiger partial charge in [0, 0.05) is 29.7 Å². The number of nitrogens with two attached hydrogens (primary N) is 1. The Labute approximate surface area is 101 Å². The van der Waals surface area contributed by atoms with Crippen LogP contribution in [0.15, 0.2) is 18.2 Å². The second-order valence-corrected chi connectivity index (χ2v) is 6.17. The molecule has 0 bridgehead atoms. The summed E-state index contributed by atoms with van der Waals surface area (Å²) >= 11 is 0. The van der Waals surface area contributed by atoms with Gasteiger partial charge in [0.05, 0.1) is 5.75 Å². The number of ketones is 1. The number of rotatable bonds is 5. The van der Waals surface area contributed by atoms with Crippen molar-refractivity contribution in [1.82, 2.24) is 0 Å². The van der Waals surface area contributed by atoms with Crippen LogP contribution < -0.4 is 11.1 Å². The number of Topliss-reactive ketones (excluding diaryl/α,β-unsaturated/α-hetero) is 1. The van der Waals surface area contributed by atoms with Gasteiger partial charge in [0.1, 0.15) is 9.84 Å². The van der Waals surface area contributed by atoms with Crippen LogP contribution in [0, 0.1) is 0 Å². The van der Waals surface area contributed by atoms with Crippen LogP contribution in [0.1, 0.15) is 17.3 Å². The highest BCUT2D eigenvalue weighted by atomic mass is 32.2. The summed E-state index contributed by atoms with van der Waals surface area (Å²) in [6, 6.07) is 4.96. The summed E-state index contributed by atoms with van der Waals surface area (Å²) in [5.41, 5.74) is 7.19. The van der Waals surface area contributed by atoms with E-state index in [9.17, 15) is 13.2 Å². The van der Waals surface area contributed by atoms with Crippen molar-refractivity contribution in [2.75, 3.05) is 29.6 Å². The Bertz CT molecular complexity index is 524. The zero-order valence-corrected chi connectivity index (χ0v) is 10.7. The predicted molar refractivity (Wildman–Crippen MR) is 69.1 cm³/mol. The Morgan fingerprint density at radius 3 is 2.59 bits per heavy atom. The fraction of sp³-hybridized carbons (Fsp3) is 0.364. The fourth-order valence-electron chi connectivity index (χ4n) is 1.35. The van der Waals surface area contributed by atoms with E-state index in [0.717, 1.165) is 0 Å². The Hall–Kier alpha value is -1.56. The van der Waals surface area contributed by atoms with Gasteiger partial charge in [-0.1, -0.05) is 0 Å². The molecule has 6 heteroatoms. The molecule has 0 fully saturated rings. The highest BCUT2D eigenvalue weighted by molar-refractivity contribution is 7.90. The number of hydrogen-bond donors (Lipinski definition) is 2. The van der Waals surface area contributed by atoms with Crippen LogP contribution in [0.2, 0.25) is 0 Å². The van der Waals surface area contributed by atoms with Crippen molar-refractivity contribution in [2.24, 2.45) is 0 Å². The molecule has 0 amide bonds. The second-order valence-electron chi connectivity index (χ2n) is 3.91. The van der Waals surface area contributed by atoms with Gasteiger partial charge in [0.25, 0.3) is 0 Å². The molecular formula is C11H16N2O3S. The number of carbonyl (C=O) groups is 1. The van der Waals surface area contributed by atoms with Crippen molar-refractivity contribution in [1.29, 1.82) is 0 Å². The highest BCUT2D eigenvalue weighted by Crippen LogP contribution is 2.18. The Morgan fingerprint density at radius 2 is 2.06 bits per heavy atom. The Kier molecular flexibility index (Phi) is 4.11. The third-order valence-corrected chi connectivity index (χ3v) is 3.18. The van der Waals surface area contributed by atoms with E-state index in [0.29, 0.717) is 23.5 Å². The highest BCUT2D eigenvalue weighted by Gasteiger charge is 2.06. The number of benzene rings is 1. The SMILES string of the molecule is CC(=O)c1cc(NCCS(C)(=O)=O)ccc1N. The van der Waals surface area contributed by atoms with Crippen LogP contribution in [-0.2, 0) is 9.84 Å². The predicted octanol–water partition coefficient (Wildman–Crippen LogP) is 0.928. The molecule has 1 aromatic carbocycles. The number of anilines is 2. The van der Waals surface area contributed by atoms with Gasteiger partial charge >= 0.3 is 0 Å². The number of nitrogens with one attached hydrogen (secondary N) is 1. The average molecular weight is 256 g/mol. The van der Waals surface area contributed by atoms with Gasteiger partial charge in [-0.15, -0.1) is 0 Å². The Balaban J connectivity index is 2.73. The molecule has 5 nitrogen and oxygen atoms in total. The van der Waals surface area contributed by atoms with Crippen LogP contribution in [-0.4, -0.2) is 32.8 Å². The van der Waals surface area contributed by atoms with Crippen LogP contribution in [0.4, 0.5) is 11.4 Å². The summed E-state index contributed by atoms with van der Waals surface area (Å²) < 4.78 is 21.9. The van der Waals surface area contributed by atoms with Gasteiger partial charge in [0.15, 0.2) is 5.78 Å². The van der Waals surface area contributed by atoms with E-state index in [2.05, 4.69) is 5.32 Å². The lowest BCUT2D eigenvalue weighted by molar-refractivity contribution is 0.101. The van der Waals surface area contributed by atoms with Crippen molar-refractivity contribution in [2.45, 2.75) is 6.92 Å². The maximum Gasteiger partial charge on any atom is 0.161 e. The van der Waals surface area contributed by atoms with Crippen molar-refractivity contribution >= 4 is 27.0 Å². The monoisotopic (exact) mass is 256 g/mol. The fourth-order valence-corrected chi connectivity index (χ4v) is 1.82. The molecule has 0 radical (unpaired) electrons. The molecule has 17 heavy (non-hydrogen) atoms. The molecule has 1 aromatic rings. The number of hydrogen-bond acceptors (Lipinski definition) is 5. The molecule has 0 spiro atoms. The lowest BCUT2D eigenvalue weighted by Crippen LogP contribution is -2.14. The van der Waals surface area contributed by atoms with Gasteiger partial charge in [0.2, 0.25) is 0 Å². The minimum Gasteiger partial charge on any atom is -0.398 e. The first-order chi connectivity index (χ1) is 7.79. The molecule has 0 heterocycles. The number of carbonyl (C=O) groups excluding carboxylic acids is 1. The maximum absolute atomic E-state index is 11.2. The zero-order valence-electron chi connectivity index (χ0n) is 9.86. The van der Waals surface area contributed by atoms with E-state index < -0.39 is 9.84 Å². The average Bonchev–Trinajstić information content (AvgIpc) is 2.18. The largest absolute Gasteiger partial charge is 0.398 e. The van der Waals surface area contributed by atoms with E-state index in [1.165, 1.54) is 13.2 Å². The summed E-state index contributed by atoms with van der Waals surface area (Å²) in [7, 11) is -2.98. The van der Waals surface area contributed by atoms with Gasteiger partial charge in [-0.25, -0.2) is 8.42 Å². The zero-order chi connectivity index (χ0) is 13.1. The molecule has 0 aliphatic rings. The lowest BCUT2D eigenvalue weighted by atomic mass is 10.1. The van der Waals surface area contributed by atoms with Gasteiger partial charge < -0.3 is 11.1 Å². The molecule has 0 saturated carbocycles. The summed E-state index contributed by atoms with van der Waals surface area (Å²) in [4.78, 5) is 11.2. The first kappa shape index (κ1) is 13.5. The molecule has 3 N–H and O–H groups in total. The summed E-state index contributed by atoms with van der Waals surface area (Å²) in [6.45, 7) is 1.74. The number of sulfone groups is 1. The third kappa shape index (κ3) is 4.44. The van der Waals surface area contributed by atoms with Crippen LogP contribution in [0.25, 0.3) is 0 Å². The maximum atomic E-state index is 11.2. The van der Waals surface area contributed by atoms with Gasteiger partial charge in [-0.05, 0) is 25.1 Å². The minimum atomic E-state index is -2.98. The minimum absolute atomic E-state index is 0.0484. The Morgan fingerprint density at radius 1 is 1.41 bits per heavy atom. The van der Waals surface area contributed by atoms with E-state index in [1.54, 1.807) is 18.2 Å². The molecular weight excluding hydrogens is 240 g/mol. The lowest BCUT2D eigenvalue weighted by Gasteiger charge is -2.08. The summed E-state index contributed by atoms with van der Waals surface area (Å²) in [5, 5.41) is 2.94. The standard InChI is InChI=1S/C11H16N2O3S/c1-8(14)10-7-9(3-4-11(10)12)13-5-6-17(2,15)16/h3-4,7,13H,5-6,12H2,1-2H3. The molecule has 0 aliphatic heterocycles. The first-order valence-electron chi connectivity index (χ1n) is 5.11. The molecule has 1 rings (SSSR count). The molecule has 0 aliphatic carbocycles. The van der Waals surface area contributed by atoms with E-state index in [-0.39, 0.29) is 11.5 Å². The van der Waals surface area contributed by atoms with Crippen molar-refractivity contribution in [3.05, 3.63) is 23.8 Å². The van der Waals surface area contributed by atoms with Crippen molar-refractivity contribution < 1.29 is 13.2 Å². The normalized spacial score (nSPS) is 11.2.